The maximum Gasteiger partial charge on any atom is 0.0992 e. The lowest BCUT2D eigenvalue weighted by molar-refractivity contribution is 0.00300. The highest BCUT2D eigenvalue weighted by molar-refractivity contribution is 5.68. The van der Waals surface area contributed by atoms with E-state index in [4.69, 9.17) is 15.7 Å². The minimum Gasteiger partial charge on any atom is -0.397 e. The van der Waals surface area contributed by atoms with E-state index in [1.54, 1.807) is 12.1 Å². The monoisotopic (exact) mass is 231 g/mol. The van der Waals surface area contributed by atoms with E-state index in [1.165, 1.54) is 0 Å². The summed E-state index contributed by atoms with van der Waals surface area (Å²) in [6.45, 7) is 2.79. The molecule has 1 aromatic rings. The Morgan fingerprint density at radius 1 is 1.53 bits per heavy atom. The number of anilines is 2. The van der Waals surface area contributed by atoms with E-state index in [-0.39, 0.29) is 0 Å². The molecule has 1 aliphatic rings. The second-order valence-corrected chi connectivity index (χ2v) is 4.30. The minimum absolute atomic E-state index is 0.386. The Labute approximate surface area is 101 Å². The van der Waals surface area contributed by atoms with E-state index in [0.717, 1.165) is 25.1 Å². The maximum absolute atomic E-state index is 8.74. The third-order valence-corrected chi connectivity index (χ3v) is 3.04. The zero-order chi connectivity index (χ0) is 12.3. The molecule has 17 heavy (non-hydrogen) atoms. The average Bonchev–Trinajstić information content (AvgIpc) is 2.28. The first-order chi connectivity index (χ1) is 8.22. The Hall–Kier alpha value is -1.73. The summed E-state index contributed by atoms with van der Waals surface area (Å²) in [6.07, 6.45) is 2.43. The van der Waals surface area contributed by atoms with Crippen molar-refractivity contribution in [2.45, 2.75) is 31.9 Å². The van der Waals surface area contributed by atoms with Crippen molar-refractivity contribution < 1.29 is 4.74 Å². The molecular weight excluding hydrogens is 214 g/mol. The van der Waals surface area contributed by atoms with Crippen LogP contribution in [0.2, 0.25) is 0 Å². The maximum atomic E-state index is 8.74. The first kappa shape index (κ1) is 11.7. The van der Waals surface area contributed by atoms with Gasteiger partial charge in [0.2, 0.25) is 0 Å². The van der Waals surface area contributed by atoms with Gasteiger partial charge in [-0.25, -0.2) is 0 Å². The first-order valence-corrected chi connectivity index (χ1v) is 5.90. The first-order valence-electron chi connectivity index (χ1n) is 5.90. The van der Waals surface area contributed by atoms with Crippen LogP contribution in [0, 0.1) is 11.3 Å². The lowest BCUT2D eigenvalue weighted by Crippen LogP contribution is -2.40. The molecule has 90 valence electrons. The summed E-state index contributed by atoms with van der Waals surface area (Å²) in [4.78, 5) is 0. The van der Waals surface area contributed by atoms with E-state index in [2.05, 4.69) is 11.4 Å². The Balaban J connectivity index is 1.91. The van der Waals surface area contributed by atoms with Crippen LogP contribution in [0.25, 0.3) is 0 Å². The van der Waals surface area contributed by atoms with E-state index < -0.39 is 0 Å². The lowest BCUT2D eigenvalue weighted by atomic mass is 9.89. The minimum atomic E-state index is 0.386. The quantitative estimate of drug-likeness (QED) is 0.779. The molecule has 0 unspecified atom stereocenters. The second-order valence-electron chi connectivity index (χ2n) is 4.30. The molecule has 0 spiro atoms. The van der Waals surface area contributed by atoms with Crippen LogP contribution in [0.1, 0.15) is 25.3 Å². The zero-order valence-corrected chi connectivity index (χ0v) is 9.94. The van der Waals surface area contributed by atoms with Crippen molar-refractivity contribution >= 4 is 11.4 Å². The molecule has 0 amide bonds. The number of nitrogens with one attached hydrogen (secondary N) is 1. The summed E-state index contributed by atoms with van der Waals surface area (Å²) in [5.74, 6) is 0. The number of nitriles is 1. The molecule has 1 aromatic carbocycles. The third kappa shape index (κ3) is 2.69. The number of benzene rings is 1. The Morgan fingerprint density at radius 3 is 2.88 bits per heavy atom. The number of ether oxygens (including phenoxy) is 1. The fraction of sp³-hybridized carbons (Fsp3) is 0.462. The molecule has 2 rings (SSSR count). The molecule has 0 radical (unpaired) electrons. The van der Waals surface area contributed by atoms with Gasteiger partial charge in [0, 0.05) is 12.6 Å². The molecule has 1 aliphatic carbocycles. The van der Waals surface area contributed by atoms with Gasteiger partial charge in [-0.3, -0.25) is 0 Å². The van der Waals surface area contributed by atoms with E-state index >= 15 is 0 Å². The van der Waals surface area contributed by atoms with Crippen LogP contribution >= 0.6 is 0 Å². The van der Waals surface area contributed by atoms with Gasteiger partial charge in [-0.1, -0.05) is 0 Å². The van der Waals surface area contributed by atoms with Gasteiger partial charge < -0.3 is 15.8 Å². The molecular formula is C13H17N3O. The number of rotatable bonds is 4. The van der Waals surface area contributed by atoms with Crippen molar-refractivity contribution in [3.63, 3.8) is 0 Å². The van der Waals surface area contributed by atoms with E-state index in [1.807, 2.05) is 13.0 Å². The van der Waals surface area contributed by atoms with Gasteiger partial charge >= 0.3 is 0 Å². The van der Waals surface area contributed by atoms with Crippen molar-refractivity contribution in [3.05, 3.63) is 23.8 Å². The molecule has 0 aliphatic heterocycles. The van der Waals surface area contributed by atoms with Gasteiger partial charge in [0.15, 0.2) is 0 Å². The van der Waals surface area contributed by atoms with Gasteiger partial charge in [0.05, 0.1) is 29.1 Å². The summed E-state index contributed by atoms with van der Waals surface area (Å²) >= 11 is 0. The molecule has 1 saturated carbocycles. The Morgan fingerprint density at radius 2 is 2.29 bits per heavy atom. The number of nitrogens with two attached hydrogens (primary N) is 1. The fourth-order valence-corrected chi connectivity index (χ4v) is 2.04. The van der Waals surface area contributed by atoms with Gasteiger partial charge in [-0.2, -0.15) is 5.26 Å². The largest absolute Gasteiger partial charge is 0.397 e. The SMILES string of the molecule is CCOC1CC(Nc2ccc(C#N)cc2N)C1. The van der Waals surface area contributed by atoms with Crippen molar-refractivity contribution in [3.8, 4) is 6.07 Å². The predicted octanol–water partition coefficient (Wildman–Crippen LogP) is 2.12. The van der Waals surface area contributed by atoms with Crippen LogP contribution in [0.15, 0.2) is 18.2 Å². The fourth-order valence-electron chi connectivity index (χ4n) is 2.04. The molecule has 0 atom stereocenters. The van der Waals surface area contributed by atoms with Gasteiger partial charge in [-0.15, -0.1) is 0 Å². The molecule has 1 fully saturated rings. The zero-order valence-electron chi connectivity index (χ0n) is 9.94. The van der Waals surface area contributed by atoms with E-state index in [0.29, 0.717) is 23.4 Å². The van der Waals surface area contributed by atoms with Crippen molar-refractivity contribution in [2.75, 3.05) is 17.7 Å². The topological polar surface area (TPSA) is 71.1 Å². The Bertz CT molecular complexity index is 433. The van der Waals surface area contributed by atoms with Crippen molar-refractivity contribution in [1.29, 1.82) is 5.26 Å². The van der Waals surface area contributed by atoms with E-state index in [9.17, 15) is 0 Å². The van der Waals surface area contributed by atoms with Gasteiger partial charge in [-0.05, 0) is 38.0 Å². The highest BCUT2D eigenvalue weighted by Gasteiger charge is 2.29. The number of nitrogen functional groups attached to an aromatic ring is 1. The predicted molar refractivity (Wildman–Crippen MR) is 67.6 cm³/mol. The molecule has 3 N–H and O–H groups in total. The van der Waals surface area contributed by atoms with Crippen molar-refractivity contribution in [1.82, 2.24) is 0 Å². The number of hydrogen-bond donors (Lipinski definition) is 2. The van der Waals surface area contributed by atoms with Crippen LogP contribution in [0.5, 0.6) is 0 Å². The molecule has 0 heterocycles. The van der Waals surface area contributed by atoms with Crippen LogP contribution < -0.4 is 11.1 Å². The van der Waals surface area contributed by atoms with Crippen molar-refractivity contribution in [2.24, 2.45) is 0 Å². The summed E-state index contributed by atoms with van der Waals surface area (Å²) in [5.41, 5.74) is 8.00. The number of nitrogens with zero attached hydrogens (tertiary/aromatic N) is 1. The average molecular weight is 231 g/mol. The highest BCUT2D eigenvalue weighted by atomic mass is 16.5. The summed E-state index contributed by atoms with van der Waals surface area (Å²) in [6, 6.07) is 7.84. The van der Waals surface area contributed by atoms with Crippen LogP contribution in [0.3, 0.4) is 0 Å². The van der Waals surface area contributed by atoms with Gasteiger partial charge in [0.1, 0.15) is 0 Å². The highest BCUT2D eigenvalue weighted by Crippen LogP contribution is 2.29. The smallest absolute Gasteiger partial charge is 0.0992 e. The summed E-state index contributed by atoms with van der Waals surface area (Å²) in [5, 5.41) is 12.1. The molecule has 0 saturated heterocycles. The molecule has 0 bridgehead atoms. The third-order valence-electron chi connectivity index (χ3n) is 3.04. The van der Waals surface area contributed by atoms with Crippen LogP contribution in [-0.2, 0) is 4.74 Å². The Kier molecular flexibility index (Phi) is 3.50. The molecule has 0 aromatic heterocycles. The molecule has 4 heteroatoms. The summed E-state index contributed by atoms with van der Waals surface area (Å²) in [7, 11) is 0. The molecule has 4 nitrogen and oxygen atoms in total. The summed E-state index contributed by atoms with van der Waals surface area (Å²) < 4.78 is 5.50. The number of hydrogen-bond acceptors (Lipinski definition) is 4. The second kappa shape index (κ2) is 5.07. The van der Waals surface area contributed by atoms with Crippen LogP contribution in [0.4, 0.5) is 11.4 Å². The normalized spacial score (nSPS) is 22.6. The standard InChI is InChI=1S/C13H17N3O/c1-2-17-11-6-10(7-11)16-13-4-3-9(8-14)5-12(13)15/h3-5,10-11,16H,2,6-7,15H2,1H3. The lowest BCUT2D eigenvalue weighted by Gasteiger charge is -2.36. The van der Waals surface area contributed by atoms with Crippen LogP contribution in [-0.4, -0.2) is 18.8 Å². The van der Waals surface area contributed by atoms with Gasteiger partial charge in [0.25, 0.3) is 0 Å².